The van der Waals surface area contributed by atoms with Gasteiger partial charge in [-0.25, -0.2) is 0 Å². The molecule has 2 heteroatoms. The lowest BCUT2D eigenvalue weighted by atomic mass is 9.88. The molecule has 2 fully saturated rings. The average molecular weight is 365 g/mol. The van der Waals surface area contributed by atoms with E-state index in [1.165, 1.54) is 24.0 Å². The molecule has 6 unspecified atom stereocenters. The maximum absolute atomic E-state index is 6.38. The van der Waals surface area contributed by atoms with E-state index in [4.69, 9.17) is 11.1 Å². The topological polar surface area (TPSA) is 0 Å². The zero-order valence-electron chi connectivity index (χ0n) is 14.6. The van der Waals surface area contributed by atoms with Gasteiger partial charge in [-0.15, -0.1) is 11.5 Å². The second kappa shape index (κ2) is 7.02. The molecule has 4 bridgehead atoms. The summed E-state index contributed by atoms with van der Waals surface area (Å²) in [7, 11) is -0.646. The van der Waals surface area contributed by atoms with Gasteiger partial charge in [0.25, 0.3) is 0 Å². The Morgan fingerprint density at radius 2 is 1.40 bits per heavy atom. The van der Waals surface area contributed by atoms with E-state index in [0.717, 1.165) is 0 Å². The molecule has 0 aliphatic heterocycles. The standard InChI is InChI=1S/C23H25ClSi/c1-3-20-15-5-7-17(13-15)22(20)11-9-19(25-24)10-12-23-18-8-6-16(14-18)21(23)4-2/h5-12,15-19,22-23H,1-2,13-14,25H2. The highest BCUT2D eigenvalue weighted by Crippen LogP contribution is 2.49. The summed E-state index contributed by atoms with van der Waals surface area (Å²) in [6.45, 7) is 7.81. The number of hydrogen-bond acceptors (Lipinski definition) is 0. The second-order valence-electron chi connectivity index (χ2n) is 7.69. The van der Waals surface area contributed by atoms with E-state index in [1.54, 1.807) is 0 Å². The van der Waals surface area contributed by atoms with Crippen molar-refractivity contribution in [1.29, 1.82) is 0 Å². The molecule has 0 radical (unpaired) electrons. The summed E-state index contributed by atoms with van der Waals surface area (Å²) in [4.78, 5) is 0. The van der Waals surface area contributed by atoms with Crippen molar-refractivity contribution in [1.82, 2.24) is 0 Å². The predicted octanol–water partition coefficient (Wildman–Crippen LogP) is 5.28. The molecule has 2 saturated carbocycles. The summed E-state index contributed by atoms with van der Waals surface area (Å²) in [5.41, 5.74) is 9.54. The second-order valence-corrected chi connectivity index (χ2v) is 9.86. The smallest absolute Gasteiger partial charge is 0.135 e. The van der Waals surface area contributed by atoms with Gasteiger partial charge in [0.1, 0.15) is 8.83 Å². The van der Waals surface area contributed by atoms with Crippen LogP contribution >= 0.6 is 11.1 Å². The SMILES string of the molecule is C=C=C1C2C=CC(C2)C1C=CC(C=CC1C(=C=C)C2C=CC1C2)[SiH2]Cl. The fraction of sp³-hybridized carbons (Fsp3) is 0.391. The molecule has 4 aliphatic rings. The summed E-state index contributed by atoms with van der Waals surface area (Å²) in [6.07, 6.45) is 21.3. The number of rotatable bonds is 5. The van der Waals surface area contributed by atoms with E-state index in [2.05, 4.69) is 73.2 Å². The Morgan fingerprint density at radius 1 is 0.920 bits per heavy atom. The van der Waals surface area contributed by atoms with E-state index in [0.29, 0.717) is 41.0 Å². The van der Waals surface area contributed by atoms with Gasteiger partial charge in [-0.2, -0.15) is 11.1 Å². The Bertz CT molecular complexity index is 706. The van der Waals surface area contributed by atoms with E-state index in [9.17, 15) is 0 Å². The summed E-state index contributed by atoms with van der Waals surface area (Å²) in [6, 6.07) is 0. The van der Waals surface area contributed by atoms with Crippen molar-refractivity contribution < 1.29 is 0 Å². The number of hydrogen-bond donors (Lipinski definition) is 0. The zero-order chi connectivity index (χ0) is 17.4. The first-order valence-corrected chi connectivity index (χ1v) is 12.3. The van der Waals surface area contributed by atoms with Crippen molar-refractivity contribution in [2.45, 2.75) is 18.4 Å². The Kier molecular flexibility index (Phi) is 4.76. The van der Waals surface area contributed by atoms with Gasteiger partial charge in [0.2, 0.25) is 0 Å². The Hall–Kier alpha value is -1.49. The quantitative estimate of drug-likeness (QED) is 0.269. The third kappa shape index (κ3) is 2.96. The highest BCUT2D eigenvalue weighted by molar-refractivity contribution is 6.95. The van der Waals surface area contributed by atoms with Crippen LogP contribution in [0.15, 0.2) is 84.4 Å². The van der Waals surface area contributed by atoms with Gasteiger partial charge in [0, 0.05) is 23.7 Å². The molecule has 0 aromatic carbocycles. The number of halogens is 1. The van der Waals surface area contributed by atoms with Gasteiger partial charge in [-0.1, -0.05) is 61.8 Å². The van der Waals surface area contributed by atoms with Gasteiger partial charge >= 0.3 is 0 Å². The molecule has 0 amide bonds. The van der Waals surface area contributed by atoms with Gasteiger partial charge in [-0.3, -0.25) is 0 Å². The van der Waals surface area contributed by atoms with Crippen LogP contribution in [0.1, 0.15) is 12.8 Å². The van der Waals surface area contributed by atoms with Gasteiger partial charge in [-0.05, 0) is 41.4 Å². The maximum atomic E-state index is 6.38. The third-order valence-corrected chi connectivity index (χ3v) is 8.36. The molecular weight excluding hydrogens is 340 g/mol. The van der Waals surface area contributed by atoms with Crippen LogP contribution in [-0.4, -0.2) is 8.83 Å². The Morgan fingerprint density at radius 3 is 1.80 bits per heavy atom. The minimum atomic E-state index is -0.646. The molecule has 0 heterocycles. The number of fused-ring (bicyclic) bond motifs is 4. The van der Waals surface area contributed by atoms with Crippen LogP contribution in [0.5, 0.6) is 0 Å². The summed E-state index contributed by atoms with van der Waals surface area (Å²) in [5, 5.41) is 0. The van der Waals surface area contributed by atoms with E-state index >= 15 is 0 Å². The van der Waals surface area contributed by atoms with Crippen LogP contribution in [0.25, 0.3) is 0 Å². The first-order chi connectivity index (χ1) is 12.2. The van der Waals surface area contributed by atoms with Crippen molar-refractivity contribution in [3.8, 4) is 0 Å². The summed E-state index contributed by atoms with van der Waals surface area (Å²) < 4.78 is 0. The van der Waals surface area contributed by atoms with Crippen LogP contribution in [0.2, 0.25) is 5.54 Å². The maximum Gasteiger partial charge on any atom is 0.135 e. The van der Waals surface area contributed by atoms with E-state index in [1.807, 2.05) is 0 Å². The minimum absolute atomic E-state index is 0.407. The number of allylic oxidation sites excluding steroid dienone is 10. The van der Waals surface area contributed by atoms with Crippen molar-refractivity contribution in [3.63, 3.8) is 0 Å². The summed E-state index contributed by atoms with van der Waals surface area (Å²) in [5.74, 6) is 3.38. The first kappa shape index (κ1) is 16.9. The largest absolute Gasteiger partial charge is 0.175 e. The lowest BCUT2D eigenvalue weighted by molar-refractivity contribution is 0.602. The van der Waals surface area contributed by atoms with E-state index in [-0.39, 0.29) is 0 Å². The van der Waals surface area contributed by atoms with Crippen molar-refractivity contribution in [3.05, 3.63) is 84.4 Å². The zero-order valence-corrected chi connectivity index (χ0v) is 16.7. The summed E-state index contributed by atoms with van der Waals surface area (Å²) >= 11 is 6.38. The molecular formula is C23H25ClSi. The molecule has 0 spiro atoms. The molecule has 0 saturated heterocycles. The van der Waals surface area contributed by atoms with Crippen LogP contribution < -0.4 is 0 Å². The lowest BCUT2D eigenvalue weighted by Crippen LogP contribution is -2.08. The normalized spacial score (nSPS) is 39.6. The lowest BCUT2D eigenvalue weighted by Gasteiger charge is -2.18. The van der Waals surface area contributed by atoms with Crippen molar-refractivity contribution in [2.24, 2.45) is 35.5 Å². The first-order valence-electron chi connectivity index (χ1n) is 9.34. The fourth-order valence-electron chi connectivity index (χ4n) is 5.09. The molecule has 128 valence electrons. The Balaban J connectivity index is 1.46. The molecule has 4 aliphatic carbocycles. The van der Waals surface area contributed by atoms with Crippen LogP contribution in [0, 0.1) is 35.5 Å². The van der Waals surface area contributed by atoms with Crippen molar-refractivity contribution in [2.75, 3.05) is 0 Å². The molecule has 0 aromatic heterocycles. The monoisotopic (exact) mass is 364 g/mol. The fourth-order valence-corrected chi connectivity index (χ4v) is 6.22. The highest BCUT2D eigenvalue weighted by atomic mass is 35.6. The molecule has 25 heavy (non-hydrogen) atoms. The van der Waals surface area contributed by atoms with Crippen LogP contribution in [-0.2, 0) is 0 Å². The van der Waals surface area contributed by atoms with Gasteiger partial charge in [0.05, 0.1) is 0 Å². The molecule has 0 aromatic rings. The average Bonchev–Trinajstić information content (AvgIpc) is 3.41. The Labute approximate surface area is 158 Å². The molecule has 6 atom stereocenters. The highest BCUT2D eigenvalue weighted by Gasteiger charge is 2.39. The van der Waals surface area contributed by atoms with Crippen LogP contribution in [0.3, 0.4) is 0 Å². The van der Waals surface area contributed by atoms with E-state index < -0.39 is 8.83 Å². The third-order valence-electron chi connectivity index (χ3n) is 6.39. The molecule has 4 rings (SSSR count). The van der Waals surface area contributed by atoms with Crippen LogP contribution in [0.4, 0.5) is 0 Å². The van der Waals surface area contributed by atoms with Gasteiger partial charge in [0.15, 0.2) is 0 Å². The van der Waals surface area contributed by atoms with Gasteiger partial charge < -0.3 is 0 Å². The molecule has 0 nitrogen and oxygen atoms in total. The molecule has 0 N–H and O–H groups in total. The van der Waals surface area contributed by atoms with Crippen molar-refractivity contribution >= 4 is 19.9 Å². The predicted molar refractivity (Wildman–Crippen MR) is 110 cm³/mol. The minimum Gasteiger partial charge on any atom is -0.175 e.